The molecule has 1 heterocycles. The number of hydrogen-bond acceptors (Lipinski definition) is 4. The highest BCUT2D eigenvalue weighted by molar-refractivity contribution is 7.89. The van der Waals surface area contributed by atoms with Gasteiger partial charge in [-0.05, 0) is 55.0 Å². The lowest BCUT2D eigenvalue weighted by molar-refractivity contribution is -0.274. The number of halogens is 3. The van der Waals surface area contributed by atoms with Crippen LogP contribution in [0.1, 0.15) is 31.4 Å². The van der Waals surface area contributed by atoms with Crippen molar-refractivity contribution in [2.75, 3.05) is 5.75 Å². The SMILES string of the molecule is CCS(=O)(=O)NC(c1cncc(-c2ccc(OC(F)(F)F)cc2)c1)C1CC1. The molecule has 1 aromatic carbocycles. The van der Waals surface area contributed by atoms with Crippen LogP contribution >= 0.6 is 0 Å². The Bertz CT molecular complexity index is 895. The predicted molar refractivity (Wildman–Crippen MR) is 94.4 cm³/mol. The van der Waals surface area contributed by atoms with Gasteiger partial charge in [0.1, 0.15) is 5.75 Å². The molecule has 0 saturated heterocycles. The molecule has 9 heteroatoms. The van der Waals surface area contributed by atoms with Crippen LogP contribution in [0.15, 0.2) is 42.7 Å². The van der Waals surface area contributed by atoms with E-state index in [1.807, 2.05) is 6.07 Å². The van der Waals surface area contributed by atoms with E-state index in [0.717, 1.165) is 18.4 Å². The van der Waals surface area contributed by atoms with Crippen molar-refractivity contribution in [2.24, 2.45) is 5.92 Å². The van der Waals surface area contributed by atoms with Gasteiger partial charge in [-0.25, -0.2) is 13.1 Å². The van der Waals surface area contributed by atoms with E-state index in [4.69, 9.17) is 0 Å². The maximum Gasteiger partial charge on any atom is 0.573 e. The van der Waals surface area contributed by atoms with Crippen LogP contribution in [0.5, 0.6) is 5.75 Å². The highest BCUT2D eigenvalue weighted by Crippen LogP contribution is 2.42. The number of pyridine rings is 1. The molecular weight excluding hydrogens is 381 g/mol. The molecule has 0 aliphatic heterocycles. The molecule has 5 nitrogen and oxygen atoms in total. The molecule has 0 bridgehead atoms. The molecular formula is C18H19F3N2O3S. The van der Waals surface area contributed by atoms with E-state index in [1.54, 1.807) is 19.3 Å². The summed E-state index contributed by atoms with van der Waals surface area (Å²) in [5.74, 6) is -0.0860. The van der Waals surface area contributed by atoms with Crippen LogP contribution in [-0.2, 0) is 10.0 Å². The highest BCUT2D eigenvalue weighted by atomic mass is 32.2. The first-order chi connectivity index (χ1) is 12.7. The molecule has 0 amide bonds. The summed E-state index contributed by atoms with van der Waals surface area (Å²) in [5, 5.41) is 0. The summed E-state index contributed by atoms with van der Waals surface area (Å²) in [7, 11) is -3.37. The number of sulfonamides is 1. The zero-order chi connectivity index (χ0) is 19.7. The summed E-state index contributed by atoms with van der Waals surface area (Å²) in [4.78, 5) is 4.18. The lowest BCUT2D eigenvalue weighted by atomic mass is 10.0. The Balaban J connectivity index is 1.84. The van der Waals surface area contributed by atoms with Crippen LogP contribution < -0.4 is 9.46 Å². The number of aromatic nitrogens is 1. The average Bonchev–Trinajstić information content (AvgIpc) is 3.44. The molecule has 146 valence electrons. The van der Waals surface area contributed by atoms with Crippen molar-refractivity contribution in [2.45, 2.75) is 32.2 Å². The maximum absolute atomic E-state index is 12.3. The van der Waals surface area contributed by atoms with Crippen LogP contribution in [0.25, 0.3) is 11.1 Å². The van der Waals surface area contributed by atoms with E-state index >= 15 is 0 Å². The Morgan fingerprint density at radius 2 is 1.85 bits per heavy atom. The van der Waals surface area contributed by atoms with Gasteiger partial charge in [0.25, 0.3) is 0 Å². The molecule has 27 heavy (non-hydrogen) atoms. The van der Waals surface area contributed by atoms with Crippen LogP contribution in [0, 0.1) is 5.92 Å². The van der Waals surface area contributed by atoms with Gasteiger partial charge in [-0.15, -0.1) is 13.2 Å². The Kier molecular flexibility index (Phi) is 5.43. The zero-order valence-electron chi connectivity index (χ0n) is 14.5. The van der Waals surface area contributed by atoms with Crippen LogP contribution in [0.3, 0.4) is 0 Å². The quantitative estimate of drug-likeness (QED) is 0.762. The monoisotopic (exact) mass is 400 g/mol. The van der Waals surface area contributed by atoms with Gasteiger partial charge in [0.2, 0.25) is 10.0 Å². The van der Waals surface area contributed by atoms with Gasteiger partial charge in [0.05, 0.1) is 11.8 Å². The molecule has 1 atom stereocenters. The van der Waals surface area contributed by atoms with Gasteiger partial charge in [0, 0.05) is 18.0 Å². The van der Waals surface area contributed by atoms with E-state index in [2.05, 4.69) is 14.4 Å². The minimum Gasteiger partial charge on any atom is -0.406 e. The first kappa shape index (κ1) is 19.6. The van der Waals surface area contributed by atoms with Crippen LogP contribution in [0.4, 0.5) is 13.2 Å². The summed E-state index contributed by atoms with van der Waals surface area (Å²) >= 11 is 0. The summed E-state index contributed by atoms with van der Waals surface area (Å²) in [6.07, 6.45) is 0.333. The summed E-state index contributed by atoms with van der Waals surface area (Å²) < 4.78 is 67.4. The lowest BCUT2D eigenvalue weighted by Crippen LogP contribution is -2.31. The predicted octanol–water partition coefficient (Wildman–Crippen LogP) is 4.04. The summed E-state index contributed by atoms with van der Waals surface area (Å²) in [6, 6.07) is 6.93. The fourth-order valence-electron chi connectivity index (χ4n) is 2.78. The van der Waals surface area contributed by atoms with E-state index in [1.165, 1.54) is 24.3 Å². The molecule has 1 aliphatic carbocycles. The van der Waals surface area contributed by atoms with Crippen molar-refractivity contribution in [1.82, 2.24) is 9.71 Å². The number of benzene rings is 1. The molecule has 3 rings (SSSR count). The van der Waals surface area contributed by atoms with Crippen molar-refractivity contribution in [1.29, 1.82) is 0 Å². The van der Waals surface area contributed by atoms with Gasteiger partial charge in [-0.3, -0.25) is 4.98 Å². The minimum atomic E-state index is -4.74. The fourth-order valence-corrected chi connectivity index (χ4v) is 3.66. The normalized spacial score (nSPS) is 16.1. The smallest absolute Gasteiger partial charge is 0.406 e. The zero-order valence-corrected chi connectivity index (χ0v) is 15.3. The Morgan fingerprint density at radius 3 is 2.41 bits per heavy atom. The molecule has 0 spiro atoms. The van der Waals surface area contributed by atoms with Crippen molar-refractivity contribution in [3.63, 3.8) is 0 Å². The van der Waals surface area contributed by atoms with E-state index < -0.39 is 16.4 Å². The van der Waals surface area contributed by atoms with Gasteiger partial charge in [-0.2, -0.15) is 0 Å². The van der Waals surface area contributed by atoms with Gasteiger partial charge < -0.3 is 4.74 Å². The van der Waals surface area contributed by atoms with Crippen molar-refractivity contribution >= 4 is 10.0 Å². The second kappa shape index (κ2) is 7.47. The molecule has 2 aromatic rings. The molecule has 0 radical (unpaired) electrons. The average molecular weight is 400 g/mol. The third-order valence-electron chi connectivity index (χ3n) is 4.32. The molecule has 1 aliphatic rings. The van der Waals surface area contributed by atoms with Gasteiger partial charge >= 0.3 is 6.36 Å². The fraction of sp³-hybridized carbons (Fsp3) is 0.389. The topological polar surface area (TPSA) is 68.3 Å². The Morgan fingerprint density at radius 1 is 1.19 bits per heavy atom. The second-order valence-electron chi connectivity index (χ2n) is 6.42. The van der Waals surface area contributed by atoms with Crippen LogP contribution in [0.2, 0.25) is 0 Å². The number of nitrogens with one attached hydrogen (secondary N) is 1. The molecule has 1 aromatic heterocycles. The number of rotatable bonds is 7. The van der Waals surface area contributed by atoms with E-state index in [9.17, 15) is 21.6 Å². The third kappa shape index (κ3) is 5.43. The molecule has 1 fully saturated rings. The van der Waals surface area contributed by atoms with E-state index in [0.29, 0.717) is 11.1 Å². The van der Waals surface area contributed by atoms with Gasteiger partial charge in [-0.1, -0.05) is 12.1 Å². The minimum absolute atomic E-state index is 0.00991. The van der Waals surface area contributed by atoms with Crippen molar-refractivity contribution in [3.8, 4) is 16.9 Å². The van der Waals surface area contributed by atoms with Crippen LogP contribution in [-0.4, -0.2) is 25.5 Å². The molecule has 1 unspecified atom stereocenters. The molecule has 1 N–H and O–H groups in total. The number of nitrogens with zero attached hydrogens (tertiary/aromatic N) is 1. The van der Waals surface area contributed by atoms with E-state index in [-0.39, 0.29) is 23.5 Å². The molecule has 1 saturated carbocycles. The van der Waals surface area contributed by atoms with Gasteiger partial charge in [0.15, 0.2) is 0 Å². The third-order valence-corrected chi connectivity index (χ3v) is 5.69. The number of hydrogen-bond donors (Lipinski definition) is 1. The highest BCUT2D eigenvalue weighted by Gasteiger charge is 2.35. The largest absolute Gasteiger partial charge is 0.573 e. The van der Waals surface area contributed by atoms with Crippen molar-refractivity contribution < 1.29 is 26.3 Å². The first-order valence-corrected chi connectivity index (χ1v) is 10.1. The summed E-state index contributed by atoms with van der Waals surface area (Å²) in [5.41, 5.74) is 2.09. The maximum atomic E-state index is 12.3. The summed E-state index contributed by atoms with van der Waals surface area (Å²) in [6.45, 7) is 1.57. The lowest BCUT2D eigenvalue weighted by Gasteiger charge is -2.19. The number of alkyl halides is 3. The first-order valence-electron chi connectivity index (χ1n) is 8.48. The Hall–Kier alpha value is -2.13. The Labute approximate surface area is 155 Å². The standard InChI is InChI=1S/C18H19F3N2O3S/c1-2-27(24,25)23-17(13-3-4-13)15-9-14(10-22-11-15)12-5-7-16(8-6-12)26-18(19,20)21/h5-11,13,17,23H,2-4H2,1H3. The second-order valence-corrected chi connectivity index (χ2v) is 8.46. The number of ether oxygens (including phenoxy) is 1. The van der Waals surface area contributed by atoms with Crippen molar-refractivity contribution in [3.05, 3.63) is 48.3 Å².